The molecule has 2 N–H and O–H groups in total. The lowest BCUT2D eigenvalue weighted by Crippen LogP contribution is -2.36. The third-order valence-corrected chi connectivity index (χ3v) is 6.46. The lowest BCUT2D eigenvalue weighted by Gasteiger charge is -2.26. The lowest BCUT2D eigenvalue weighted by atomic mass is 10.2. The van der Waals surface area contributed by atoms with Crippen LogP contribution in [0.4, 0.5) is 0 Å². The van der Waals surface area contributed by atoms with Crippen LogP contribution in [0.5, 0.6) is 5.75 Å². The van der Waals surface area contributed by atoms with Gasteiger partial charge in [0, 0.05) is 26.2 Å². The monoisotopic (exact) mass is 360 g/mol. The smallest absolute Gasteiger partial charge is 0.243 e. The number of nitrogens with zero attached hydrogens (tertiary/aromatic N) is 1. The van der Waals surface area contributed by atoms with E-state index >= 15 is 0 Å². The topological polar surface area (TPSA) is 69.6 Å². The first-order chi connectivity index (χ1) is 12.1. The molecule has 1 saturated heterocycles. The summed E-state index contributed by atoms with van der Waals surface area (Å²) in [5.74, 6) is 0.229. The summed E-state index contributed by atoms with van der Waals surface area (Å²) in [6, 6.07) is 14.2. The average Bonchev–Trinajstić information content (AvgIpc) is 2.63. The Morgan fingerprint density at radius 1 is 0.960 bits per heavy atom. The second-order valence-electron chi connectivity index (χ2n) is 6.35. The van der Waals surface area contributed by atoms with Crippen molar-refractivity contribution in [3.63, 3.8) is 0 Å². The third kappa shape index (κ3) is 4.39. The van der Waals surface area contributed by atoms with Gasteiger partial charge in [0.05, 0.1) is 4.90 Å². The van der Waals surface area contributed by atoms with Crippen molar-refractivity contribution < 1.29 is 13.5 Å². The van der Waals surface area contributed by atoms with Crippen molar-refractivity contribution >= 4 is 10.0 Å². The number of nitrogens with one attached hydrogen (secondary N) is 1. The summed E-state index contributed by atoms with van der Waals surface area (Å²) >= 11 is 0. The fourth-order valence-corrected chi connectivity index (χ4v) is 4.89. The number of hydrogen-bond acceptors (Lipinski definition) is 4. The maximum atomic E-state index is 13.0. The maximum Gasteiger partial charge on any atom is 0.243 e. The van der Waals surface area contributed by atoms with Crippen molar-refractivity contribution in [1.82, 2.24) is 9.62 Å². The summed E-state index contributed by atoms with van der Waals surface area (Å²) in [6.45, 7) is 2.23. The highest BCUT2D eigenvalue weighted by molar-refractivity contribution is 7.89. The Balaban J connectivity index is 1.72. The Morgan fingerprint density at radius 2 is 1.72 bits per heavy atom. The SMILES string of the molecule is O=S(=O)(c1ccccc1CNCc1cccc(O)c1)N1CCCCC1. The number of benzene rings is 2. The molecule has 6 heteroatoms. The molecule has 0 unspecified atom stereocenters. The molecule has 3 rings (SSSR count). The number of aromatic hydroxyl groups is 1. The molecule has 134 valence electrons. The van der Waals surface area contributed by atoms with E-state index in [0.717, 1.165) is 30.4 Å². The van der Waals surface area contributed by atoms with Gasteiger partial charge in [-0.2, -0.15) is 4.31 Å². The number of piperidine rings is 1. The molecular formula is C19H24N2O3S. The van der Waals surface area contributed by atoms with E-state index in [1.807, 2.05) is 18.2 Å². The van der Waals surface area contributed by atoms with Crippen LogP contribution in [0.15, 0.2) is 53.4 Å². The van der Waals surface area contributed by atoms with Crippen molar-refractivity contribution in [2.75, 3.05) is 13.1 Å². The highest BCUT2D eigenvalue weighted by Crippen LogP contribution is 2.23. The van der Waals surface area contributed by atoms with Gasteiger partial charge in [0.1, 0.15) is 5.75 Å². The fourth-order valence-electron chi connectivity index (χ4n) is 3.15. The lowest BCUT2D eigenvalue weighted by molar-refractivity contribution is 0.346. The molecule has 0 atom stereocenters. The molecule has 2 aromatic carbocycles. The summed E-state index contributed by atoms with van der Waals surface area (Å²) in [5.41, 5.74) is 1.73. The summed E-state index contributed by atoms with van der Waals surface area (Å²) in [5, 5.41) is 12.8. The Morgan fingerprint density at radius 3 is 2.48 bits per heavy atom. The molecule has 1 heterocycles. The molecule has 25 heavy (non-hydrogen) atoms. The molecule has 0 radical (unpaired) electrons. The Labute approximate surface area is 149 Å². The molecule has 0 aliphatic carbocycles. The zero-order valence-electron chi connectivity index (χ0n) is 14.2. The van der Waals surface area contributed by atoms with Crippen LogP contribution in [0.1, 0.15) is 30.4 Å². The van der Waals surface area contributed by atoms with Gasteiger partial charge in [0.15, 0.2) is 0 Å². The summed E-state index contributed by atoms with van der Waals surface area (Å²) < 4.78 is 27.5. The minimum absolute atomic E-state index is 0.229. The first-order valence-electron chi connectivity index (χ1n) is 8.64. The van der Waals surface area contributed by atoms with Crippen LogP contribution in [-0.4, -0.2) is 30.9 Å². The summed E-state index contributed by atoms with van der Waals surface area (Å²) in [4.78, 5) is 0.389. The summed E-state index contributed by atoms with van der Waals surface area (Å²) in [6.07, 6.45) is 2.95. The normalized spacial score (nSPS) is 16.0. The number of phenols is 1. The second-order valence-corrected chi connectivity index (χ2v) is 8.25. The summed E-state index contributed by atoms with van der Waals surface area (Å²) in [7, 11) is -3.44. The highest BCUT2D eigenvalue weighted by atomic mass is 32.2. The largest absolute Gasteiger partial charge is 0.508 e. The molecule has 0 saturated carbocycles. The molecule has 0 aromatic heterocycles. The second kappa shape index (κ2) is 7.99. The molecule has 1 aliphatic rings. The quantitative estimate of drug-likeness (QED) is 0.831. The van der Waals surface area contributed by atoms with Crippen molar-refractivity contribution in [2.24, 2.45) is 0 Å². The van der Waals surface area contributed by atoms with Crippen LogP contribution in [-0.2, 0) is 23.1 Å². The molecule has 1 fully saturated rings. The minimum Gasteiger partial charge on any atom is -0.508 e. The van der Waals surface area contributed by atoms with E-state index in [4.69, 9.17) is 0 Å². The Bertz CT molecular complexity index is 815. The van der Waals surface area contributed by atoms with E-state index in [1.165, 1.54) is 0 Å². The zero-order chi connectivity index (χ0) is 17.7. The first kappa shape index (κ1) is 17.9. The molecular weight excluding hydrogens is 336 g/mol. The van der Waals surface area contributed by atoms with Crippen molar-refractivity contribution in [1.29, 1.82) is 0 Å². The van der Waals surface area contributed by atoms with Gasteiger partial charge in [-0.05, 0) is 42.2 Å². The Hall–Kier alpha value is -1.89. The number of sulfonamides is 1. The highest BCUT2D eigenvalue weighted by Gasteiger charge is 2.27. The number of hydrogen-bond donors (Lipinski definition) is 2. The van der Waals surface area contributed by atoms with Gasteiger partial charge in [0.2, 0.25) is 10.0 Å². The predicted molar refractivity (Wildman–Crippen MR) is 97.7 cm³/mol. The van der Waals surface area contributed by atoms with Crippen molar-refractivity contribution in [3.05, 3.63) is 59.7 Å². The van der Waals surface area contributed by atoms with Crippen LogP contribution < -0.4 is 5.32 Å². The number of rotatable bonds is 6. The van der Waals surface area contributed by atoms with Gasteiger partial charge in [-0.1, -0.05) is 36.8 Å². The maximum absolute atomic E-state index is 13.0. The molecule has 0 spiro atoms. The standard InChI is InChI=1S/C19H24N2O3S/c22-18-9-6-7-16(13-18)14-20-15-17-8-2-3-10-19(17)25(23,24)21-11-4-1-5-12-21/h2-3,6-10,13,20,22H,1,4-5,11-12,14-15H2. The predicted octanol–water partition coefficient (Wildman–Crippen LogP) is 2.86. The number of phenolic OH excluding ortho intramolecular Hbond substituents is 1. The van der Waals surface area contributed by atoms with E-state index in [-0.39, 0.29) is 5.75 Å². The van der Waals surface area contributed by atoms with Crippen LogP contribution in [0.3, 0.4) is 0 Å². The van der Waals surface area contributed by atoms with Gasteiger partial charge in [0.25, 0.3) is 0 Å². The molecule has 5 nitrogen and oxygen atoms in total. The van der Waals surface area contributed by atoms with Crippen molar-refractivity contribution in [3.8, 4) is 5.75 Å². The Kier molecular flexibility index (Phi) is 5.73. The molecule has 0 amide bonds. The molecule has 2 aromatic rings. The van der Waals surface area contributed by atoms with Crippen LogP contribution in [0, 0.1) is 0 Å². The molecule has 1 aliphatic heterocycles. The van der Waals surface area contributed by atoms with Crippen LogP contribution in [0.2, 0.25) is 0 Å². The minimum atomic E-state index is -3.44. The van der Waals surface area contributed by atoms with Gasteiger partial charge in [-0.25, -0.2) is 8.42 Å². The fraction of sp³-hybridized carbons (Fsp3) is 0.368. The van der Waals surface area contributed by atoms with Crippen molar-refractivity contribution in [2.45, 2.75) is 37.2 Å². The van der Waals surface area contributed by atoms with E-state index in [0.29, 0.717) is 31.1 Å². The van der Waals surface area contributed by atoms with Gasteiger partial charge in [-0.15, -0.1) is 0 Å². The van der Waals surface area contributed by atoms with Gasteiger partial charge in [-0.3, -0.25) is 0 Å². The van der Waals surface area contributed by atoms with E-state index in [9.17, 15) is 13.5 Å². The van der Waals surface area contributed by atoms with E-state index in [2.05, 4.69) is 5.32 Å². The van der Waals surface area contributed by atoms with Crippen LogP contribution >= 0.6 is 0 Å². The third-order valence-electron chi connectivity index (χ3n) is 4.46. The van der Waals surface area contributed by atoms with E-state index < -0.39 is 10.0 Å². The van der Waals surface area contributed by atoms with E-state index in [1.54, 1.807) is 34.6 Å². The van der Waals surface area contributed by atoms with Crippen LogP contribution in [0.25, 0.3) is 0 Å². The average molecular weight is 360 g/mol. The zero-order valence-corrected chi connectivity index (χ0v) is 15.0. The van der Waals surface area contributed by atoms with Gasteiger partial charge < -0.3 is 10.4 Å². The molecule has 0 bridgehead atoms. The van der Waals surface area contributed by atoms with Gasteiger partial charge >= 0.3 is 0 Å². The first-order valence-corrected chi connectivity index (χ1v) is 10.1.